The van der Waals surface area contributed by atoms with Crippen LogP contribution >= 0.6 is 0 Å². The molecule has 134 valence electrons. The summed E-state index contributed by atoms with van der Waals surface area (Å²) < 4.78 is 0. The molecule has 2 saturated carbocycles. The number of hydrogen-bond donors (Lipinski definition) is 0. The normalized spacial score (nSPS) is 38.4. The number of rotatable bonds is 7. The molecule has 0 spiro atoms. The van der Waals surface area contributed by atoms with E-state index >= 15 is 0 Å². The fourth-order valence-electron chi connectivity index (χ4n) is 5.61. The van der Waals surface area contributed by atoms with Crippen LogP contribution in [0.3, 0.4) is 0 Å². The zero-order valence-electron chi connectivity index (χ0n) is 16.8. The summed E-state index contributed by atoms with van der Waals surface area (Å²) in [4.78, 5) is 0. The molecule has 0 nitrogen and oxygen atoms in total. The third kappa shape index (κ3) is 4.86. The Balaban J connectivity index is 1.73. The second kappa shape index (κ2) is 8.21. The average Bonchev–Trinajstić information content (AvgIpc) is 2.47. The molecule has 2 aliphatic rings. The Morgan fingerprint density at radius 2 is 1.91 bits per heavy atom. The van der Waals surface area contributed by atoms with Crippen LogP contribution in [0.4, 0.5) is 0 Å². The van der Waals surface area contributed by atoms with Crippen molar-refractivity contribution in [3.63, 3.8) is 0 Å². The van der Waals surface area contributed by atoms with Crippen LogP contribution in [-0.2, 0) is 0 Å². The molecule has 0 heteroatoms. The summed E-state index contributed by atoms with van der Waals surface area (Å²) in [6, 6.07) is 0. The molecular weight excluding hydrogens is 276 g/mol. The van der Waals surface area contributed by atoms with Crippen molar-refractivity contribution in [2.75, 3.05) is 0 Å². The zero-order chi connectivity index (χ0) is 17.0. The van der Waals surface area contributed by atoms with Gasteiger partial charge in [0.25, 0.3) is 0 Å². The van der Waals surface area contributed by atoms with E-state index in [2.05, 4.69) is 53.7 Å². The summed E-state index contributed by atoms with van der Waals surface area (Å²) >= 11 is 0. The minimum absolute atomic E-state index is 0.572. The van der Waals surface area contributed by atoms with Gasteiger partial charge in [0.15, 0.2) is 0 Å². The highest BCUT2D eigenvalue weighted by atomic mass is 14.4. The molecule has 0 saturated heterocycles. The predicted octanol–water partition coefficient (Wildman–Crippen LogP) is 7.49. The predicted molar refractivity (Wildman–Crippen MR) is 103 cm³/mol. The first-order chi connectivity index (χ1) is 10.8. The van der Waals surface area contributed by atoms with E-state index in [0.717, 1.165) is 35.5 Å². The zero-order valence-corrected chi connectivity index (χ0v) is 16.8. The Labute approximate surface area is 146 Å². The average molecular weight is 319 g/mol. The van der Waals surface area contributed by atoms with Gasteiger partial charge in [0.1, 0.15) is 0 Å². The molecule has 0 aliphatic heterocycles. The minimum Gasteiger partial charge on any atom is -0.0880 e. The molecule has 2 aliphatic carbocycles. The van der Waals surface area contributed by atoms with Crippen LogP contribution in [0.15, 0.2) is 12.2 Å². The lowest BCUT2D eigenvalue weighted by atomic mass is 9.62. The lowest BCUT2D eigenvalue weighted by Crippen LogP contribution is -2.33. The molecule has 0 aromatic rings. The summed E-state index contributed by atoms with van der Waals surface area (Å²) in [6.07, 6.45) is 16.4. The molecule has 0 amide bonds. The topological polar surface area (TPSA) is 0 Å². The highest BCUT2D eigenvalue weighted by Gasteiger charge is 2.36. The van der Waals surface area contributed by atoms with Gasteiger partial charge in [-0.15, -0.1) is 0 Å². The van der Waals surface area contributed by atoms with Crippen molar-refractivity contribution in [2.45, 2.75) is 92.9 Å². The van der Waals surface area contributed by atoms with Gasteiger partial charge in [0.05, 0.1) is 0 Å². The van der Waals surface area contributed by atoms with Crippen molar-refractivity contribution < 1.29 is 0 Å². The third-order valence-electron chi connectivity index (χ3n) is 7.44. The second-order valence-corrected chi connectivity index (χ2v) is 9.77. The van der Waals surface area contributed by atoms with Crippen molar-refractivity contribution >= 4 is 0 Å². The first-order valence-electron chi connectivity index (χ1n) is 10.5. The maximum Gasteiger partial charge on any atom is -0.0179 e. The van der Waals surface area contributed by atoms with Gasteiger partial charge >= 0.3 is 0 Å². The monoisotopic (exact) mass is 318 g/mol. The fraction of sp³-hybridized carbons (Fsp3) is 0.913. The molecular formula is C23H42. The summed E-state index contributed by atoms with van der Waals surface area (Å²) in [6.45, 7) is 14.8. The summed E-state index contributed by atoms with van der Waals surface area (Å²) in [5.74, 6) is 5.51. The van der Waals surface area contributed by atoms with Gasteiger partial charge in [0, 0.05) is 0 Å². The highest BCUT2D eigenvalue weighted by molar-refractivity contribution is 5.00. The van der Waals surface area contributed by atoms with Crippen molar-refractivity contribution in [1.29, 1.82) is 0 Å². The van der Waals surface area contributed by atoms with Gasteiger partial charge in [-0.3, -0.25) is 0 Å². The van der Waals surface area contributed by atoms with Gasteiger partial charge in [-0.25, -0.2) is 0 Å². The molecule has 6 atom stereocenters. The van der Waals surface area contributed by atoms with E-state index in [1.54, 1.807) is 0 Å². The van der Waals surface area contributed by atoms with Crippen molar-refractivity contribution in [2.24, 2.45) is 40.9 Å². The van der Waals surface area contributed by atoms with E-state index in [1.807, 2.05) is 0 Å². The summed E-state index contributed by atoms with van der Waals surface area (Å²) in [7, 11) is 0. The van der Waals surface area contributed by atoms with Gasteiger partial charge in [-0.1, -0.05) is 79.4 Å². The molecule has 0 radical (unpaired) electrons. The van der Waals surface area contributed by atoms with Crippen LogP contribution in [0, 0.1) is 40.9 Å². The van der Waals surface area contributed by atoms with Crippen molar-refractivity contribution in [3.8, 4) is 0 Å². The first kappa shape index (κ1) is 19.1. The van der Waals surface area contributed by atoms with Crippen LogP contribution in [0.5, 0.6) is 0 Å². The maximum atomic E-state index is 2.56. The molecule has 0 aromatic heterocycles. The van der Waals surface area contributed by atoms with Gasteiger partial charge < -0.3 is 0 Å². The quantitative estimate of drug-likeness (QED) is 0.426. The molecule has 5 unspecified atom stereocenters. The Hall–Kier alpha value is -0.260. The molecule has 0 N–H and O–H groups in total. The molecule has 0 bridgehead atoms. The maximum absolute atomic E-state index is 2.56. The first-order valence-corrected chi connectivity index (χ1v) is 10.5. The van der Waals surface area contributed by atoms with E-state index in [1.165, 1.54) is 51.4 Å². The Bertz CT molecular complexity index is 377. The van der Waals surface area contributed by atoms with Crippen LogP contribution in [0.2, 0.25) is 0 Å². The molecule has 2 rings (SSSR count). The van der Waals surface area contributed by atoms with Crippen molar-refractivity contribution in [1.82, 2.24) is 0 Å². The van der Waals surface area contributed by atoms with Crippen molar-refractivity contribution in [3.05, 3.63) is 12.2 Å². The molecule has 2 fully saturated rings. The smallest absolute Gasteiger partial charge is 0.0179 e. The van der Waals surface area contributed by atoms with E-state index in [4.69, 9.17) is 0 Å². The van der Waals surface area contributed by atoms with E-state index in [-0.39, 0.29) is 0 Å². The van der Waals surface area contributed by atoms with Crippen LogP contribution < -0.4 is 0 Å². The van der Waals surface area contributed by atoms with Crippen LogP contribution in [0.25, 0.3) is 0 Å². The van der Waals surface area contributed by atoms with Gasteiger partial charge in [-0.05, 0) is 66.6 Å². The summed E-state index contributed by atoms with van der Waals surface area (Å²) in [5, 5.41) is 0. The molecule has 23 heavy (non-hydrogen) atoms. The Morgan fingerprint density at radius 3 is 2.52 bits per heavy atom. The third-order valence-corrected chi connectivity index (χ3v) is 7.44. The van der Waals surface area contributed by atoms with Gasteiger partial charge in [0.2, 0.25) is 0 Å². The number of hydrogen-bond acceptors (Lipinski definition) is 0. The van der Waals surface area contributed by atoms with Crippen LogP contribution in [-0.4, -0.2) is 0 Å². The fourth-order valence-corrected chi connectivity index (χ4v) is 5.61. The lowest BCUT2D eigenvalue weighted by Gasteiger charge is -2.43. The van der Waals surface area contributed by atoms with Gasteiger partial charge in [-0.2, -0.15) is 0 Å². The molecule has 0 aromatic carbocycles. The SMILES string of the molecule is CCC1CC(C)[C@@H]1/C=C\CC(C)CCC1C(C)CCCC1(C)C. The lowest BCUT2D eigenvalue weighted by molar-refractivity contribution is 0.0712. The van der Waals surface area contributed by atoms with E-state index in [0.29, 0.717) is 5.41 Å². The summed E-state index contributed by atoms with van der Waals surface area (Å²) in [5.41, 5.74) is 0.572. The largest absolute Gasteiger partial charge is 0.0880 e. The second-order valence-electron chi connectivity index (χ2n) is 9.77. The highest BCUT2D eigenvalue weighted by Crippen LogP contribution is 2.46. The number of allylic oxidation sites excluding steroid dienone is 2. The van der Waals surface area contributed by atoms with Crippen LogP contribution in [0.1, 0.15) is 92.9 Å². The Kier molecular flexibility index (Phi) is 6.81. The Morgan fingerprint density at radius 1 is 1.17 bits per heavy atom. The van der Waals surface area contributed by atoms with E-state index in [9.17, 15) is 0 Å². The molecule has 0 heterocycles. The minimum atomic E-state index is 0.572. The van der Waals surface area contributed by atoms with E-state index < -0.39 is 0 Å². The standard InChI is InChI=1S/C23H42/c1-7-20-16-19(4)21(20)12-8-10-17(2)13-14-22-18(3)11-9-15-23(22,5)6/h8,12,17-22H,7,9-11,13-16H2,1-6H3/b12-8-/t17?,18?,19?,20?,21-,22?/m0/s1.